The molecule has 0 saturated heterocycles. The molecule has 0 rings (SSSR count). The summed E-state index contributed by atoms with van der Waals surface area (Å²) in [6, 6.07) is 0. The highest BCUT2D eigenvalue weighted by molar-refractivity contribution is 5.67. The predicted molar refractivity (Wildman–Crippen MR) is 78.8 cm³/mol. The molecule has 0 bridgehead atoms. The number of hydrogen-bond donors (Lipinski definition) is 2. The molecule has 0 amide bonds. The lowest BCUT2D eigenvalue weighted by Crippen LogP contribution is -2.02. The van der Waals surface area contributed by atoms with Crippen molar-refractivity contribution in [3.63, 3.8) is 0 Å². The van der Waals surface area contributed by atoms with Crippen molar-refractivity contribution in [3.05, 3.63) is 4.91 Å². The maximum Gasteiger partial charge on any atom is 0.303 e. The van der Waals surface area contributed by atoms with Crippen LogP contribution in [0.3, 0.4) is 0 Å². The Morgan fingerprint density at radius 2 is 1.52 bits per heavy atom. The number of aliphatic carboxylic acids is 2. The zero-order valence-electron chi connectivity index (χ0n) is 12.9. The molecule has 1 atom stereocenters. The Balaban J connectivity index is 0. The highest BCUT2D eigenvalue weighted by Gasteiger charge is 2.01. The summed E-state index contributed by atoms with van der Waals surface area (Å²) in [5.41, 5.74) is 0. The molecule has 0 heterocycles. The first-order valence-electron chi connectivity index (χ1n) is 7.36. The lowest BCUT2D eigenvalue weighted by molar-refractivity contribution is -0.139. The van der Waals surface area contributed by atoms with E-state index in [0.29, 0.717) is 12.8 Å². The van der Waals surface area contributed by atoms with Crippen LogP contribution >= 0.6 is 0 Å². The second-order valence-electron chi connectivity index (χ2n) is 4.83. The van der Waals surface area contributed by atoms with Crippen LogP contribution in [-0.4, -0.2) is 28.3 Å². The molecule has 0 saturated carbocycles. The number of unbranched alkanes of at least 4 members (excludes halogenated alkanes) is 4. The number of rotatable bonds is 12. The first kappa shape index (κ1) is 21.6. The Kier molecular flexibility index (Phi) is 16.9. The maximum absolute atomic E-state index is 9.90. The van der Waals surface area contributed by atoms with Crippen molar-refractivity contribution in [3.8, 4) is 0 Å². The van der Waals surface area contributed by atoms with E-state index in [4.69, 9.17) is 10.2 Å². The number of carboxylic acids is 2. The van der Waals surface area contributed by atoms with E-state index in [1.165, 1.54) is 19.3 Å². The van der Waals surface area contributed by atoms with Gasteiger partial charge >= 0.3 is 11.9 Å². The molecular weight excluding hydrogens is 278 g/mol. The summed E-state index contributed by atoms with van der Waals surface area (Å²) in [7, 11) is 0. The first-order valence-corrected chi connectivity index (χ1v) is 7.36. The maximum atomic E-state index is 9.90. The molecule has 0 aromatic rings. The van der Waals surface area contributed by atoms with Crippen molar-refractivity contribution in [1.82, 2.24) is 0 Å². The van der Waals surface area contributed by atoms with Crippen LogP contribution < -0.4 is 0 Å². The minimum absolute atomic E-state index is 0.00986. The van der Waals surface area contributed by atoms with Crippen LogP contribution in [0.2, 0.25) is 0 Å². The molecule has 124 valence electrons. The lowest BCUT2D eigenvalue weighted by atomic mass is 10.1. The van der Waals surface area contributed by atoms with Gasteiger partial charge in [0.05, 0.1) is 0 Å². The van der Waals surface area contributed by atoms with E-state index in [0.717, 1.165) is 12.8 Å². The Labute approximate surface area is 125 Å². The van der Waals surface area contributed by atoms with E-state index in [9.17, 15) is 14.5 Å². The van der Waals surface area contributed by atoms with Gasteiger partial charge in [0.2, 0.25) is 0 Å². The second-order valence-corrected chi connectivity index (χ2v) is 4.83. The Hall–Kier alpha value is -1.66. The van der Waals surface area contributed by atoms with Gasteiger partial charge < -0.3 is 15.1 Å². The second kappa shape index (κ2) is 16.4. The van der Waals surface area contributed by atoms with Gasteiger partial charge in [0.15, 0.2) is 5.34 Å². The molecule has 0 aromatic carbocycles. The highest BCUT2D eigenvalue weighted by Crippen LogP contribution is 2.07. The lowest BCUT2D eigenvalue weighted by Gasteiger charge is -2.05. The average Bonchev–Trinajstić information content (AvgIpc) is 2.40. The number of carbonyl (C=O) groups is 2. The summed E-state index contributed by atoms with van der Waals surface area (Å²) in [5.74, 6) is -1.74. The first-order chi connectivity index (χ1) is 9.93. The monoisotopic (exact) mass is 305 g/mol. The van der Waals surface area contributed by atoms with E-state index in [-0.39, 0.29) is 18.9 Å². The summed E-state index contributed by atoms with van der Waals surface area (Å²) in [6.45, 7) is 4.04. The van der Waals surface area contributed by atoms with Crippen molar-refractivity contribution in [2.45, 2.75) is 77.7 Å². The quantitative estimate of drug-likeness (QED) is 0.322. The van der Waals surface area contributed by atoms with Crippen LogP contribution in [0.4, 0.5) is 0 Å². The molecule has 21 heavy (non-hydrogen) atoms. The van der Waals surface area contributed by atoms with Crippen LogP contribution in [0.5, 0.6) is 0 Å². The van der Waals surface area contributed by atoms with E-state index in [2.05, 4.69) is 17.1 Å². The summed E-state index contributed by atoms with van der Waals surface area (Å²) < 4.78 is 0. The van der Waals surface area contributed by atoms with Gasteiger partial charge in [-0.2, -0.15) is 0 Å². The molecule has 0 aliphatic carbocycles. The summed E-state index contributed by atoms with van der Waals surface area (Å²) in [6.07, 6.45) is 6.80. The Morgan fingerprint density at radius 3 is 1.90 bits per heavy atom. The average molecular weight is 305 g/mol. The highest BCUT2D eigenvalue weighted by atomic mass is 16.7. The smallest absolute Gasteiger partial charge is 0.303 e. The van der Waals surface area contributed by atoms with E-state index < -0.39 is 11.9 Å². The summed E-state index contributed by atoms with van der Waals surface area (Å²) in [4.78, 5) is 33.9. The molecule has 1 unspecified atom stereocenters. The number of nitrogens with zero attached hydrogens (tertiary/aromatic N) is 1. The van der Waals surface area contributed by atoms with Gasteiger partial charge in [-0.25, -0.2) is 0 Å². The van der Waals surface area contributed by atoms with Crippen molar-refractivity contribution in [1.29, 1.82) is 0 Å². The Bertz CT molecular complexity index is 267. The minimum Gasteiger partial charge on any atom is -0.481 e. The third-order valence-electron chi connectivity index (χ3n) is 2.72. The molecule has 0 radical (unpaired) electrons. The van der Waals surface area contributed by atoms with E-state index in [1.54, 1.807) is 0 Å². The van der Waals surface area contributed by atoms with Crippen LogP contribution in [0.25, 0.3) is 0 Å². The SMILES string of the molecule is CCCCCCC(C)ON=O.O=C(O)CCCCC(=O)O. The van der Waals surface area contributed by atoms with Crippen molar-refractivity contribution in [2.75, 3.05) is 0 Å². The molecule has 0 spiro atoms. The minimum atomic E-state index is -0.870. The van der Waals surface area contributed by atoms with Gasteiger partial charge in [-0.15, -0.1) is 4.91 Å². The van der Waals surface area contributed by atoms with Gasteiger partial charge in [0.25, 0.3) is 0 Å². The van der Waals surface area contributed by atoms with Crippen LogP contribution in [0, 0.1) is 4.91 Å². The zero-order chi connectivity index (χ0) is 16.5. The number of hydrogen-bond acceptors (Lipinski definition) is 5. The molecule has 0 aliphatic rings. The summed E-state index contributed by atoms with van der Waals surface area (Å²) >= 11 is 0. The molecule has 7 heteroatoms. The van der Waals surface area contributed by atoms with Crippen LogP contribution in [0.1, 0.15) is 71.6 Å². The molecule has 0 aromatic heterocycles. The van der Waals surface area contributed by atoms with E-state index >= 15 is 0 Å². The fraction of sp³-hybridized carbons (Fsp3) is 0.857. The molecule has 7 nitrogen and oxygen atoms in total. The van der Waals surface area contributed by atoms with Gasteiger partial charge in [0.1, 0.15) is 6.10 Å². The number of carboxylic acid groups (broad SMARTS) is 2. The largest absolute Gasteiger partial charge is 0.481 e. The summed E-state index contributed by atoms with van der Waals surface area (Å²) in [5, 5.41) is 18.6. The van der Waals surface area contributed by atoms with Gasteiger partial charge in [-0.05, 0) is 32.6 Å². The molecular formula is C14H27NO6. The normalized spacial score (nSPS) is 11.0. The van der Waals surface area contributed by atoms with Gasteiger partial charge in [-0.3, -0.25) is 9.59 Å². The topological polar surface area (TPSA) is 113 Å². The third kappa shape index (κ3) is 23.8. The molecule has 0 fully saturated rings. The molecule has 0 aliphatic heterocycles. The fourth-order valence-corrected chi connectivity index (χ4v) is 1.54. The van der Waals surface area contributed by atoms with Crippen molar-refractivity contribution < 1.29 is 24.6 Å². The van der Waals surface area contributed by atoms with Crippen molar-refractivity contribution in [2.24, 2.45) is 5.34 Å². The third-order valence-corrected chi connectivity index (χ3v) is 2.72. The molecule has 2 N–H and O–H groups in total. The van der Waals surface area contributed by atoms with Crippen molar-refractivity contribution >= 4 is 11.9 Å². The Morgan fingerprint density at radius 1 is 1.00 bits per heavy atom. The van der Waals surface area contributed by atoms with Gasteiger partial charge in [0, 0.05) is 12.8 Å². The van der Waals surface area contributed by atoms with Crippen LogP contribution in [-0.2, 0) is 14.4 Å². The van der Waals surface area contributed by atoms with E-state index in [1.807, 2.05) is 6.92 Å². The zero-order valence-corrected chi connectivity index (χ0v) is 12.9. The van der Waals surface area contributed by atoms with Gasteiger partial charge in [-0.1, -0.05) is 26.2 Å². The predicted octanol–water partition coefficient (Wildman–Crippen LogP) is 3.76. The fourth-order valence-electron chi connectivity index (χ4n) is 1.54. The van der Waals surface area contributed by atoms with Crippen LogP contribution in [0.15, 0.2) is 5.34 Å². The standard InChI is InChI=1S/C8H17NO2.C6H10O4/c1-3-4-5-6-7-8(2)11-9-10;7-5(8)3-1-2-4-6(9)10/h8H,3-7H2,1-2H3;1-4H2,(H,7,8)(H,9,10).